The van der Waals surface area contributed by atoms with Crippen LogP contribution < -0.4 is 14.8 Å². The van der Waals surface area contributed by atoms with E-state index in [0.29, 0.717) is 22.8 Å². The largest absolute Gasteiger partial charge is 0.503 e. The maximum absolute atomic E-state index is 13.2. The fourth-order valence-electron chi connectivity index (χ4n) is 3.75. The highest BCUT2D eigenvalue weighted by Crippen LogP contribution is 2.31. The van der Waals surface area contributed by atoms with Gasteiger partial charge in [-0.05, 0) is 60.9 Å². The third-order valence-electron chi connectivity index (χ3n) is 5.54. The number of pyridine rings is 2. The van der Waals surface area contributed by atoms with Crippen LogP contribution in [0.4, 0.5) is 10.1 Å². The lowest BCUT2D eigenvalue weighted by atomic mass is 10.0. The van der Waals surface area contributed by atoms with Crippen molar-refractivity contribution in [2.45, 2.75) is 32.6 Å². The fourth-order valence-corrected chi connectivity index (χ4v) is 3.75. The Morgan fingerprint density at radius 3 is 2.63 bits per heavy atom. The maximum atomic E-state index is 13.2. The van der Waals surface area contributed by atoms with Gasteiger partial charge >= 0.3 is 0 Å². The number of aromatic hydroxyl groups is 1. The molecule has 0 radical (unpaired) electrons. The van der Waals surface area contributed by atoms with Crippen molar-refractivity contribution in [3.8, 4) is 23.1 Å². The minimum atomic E-state index is -0.558. The standard InChI is InChI=1S/C27H26FN3O4/c1-3-4-5-6-17-15-24(35-20-10-7-18(28)8-11-20)31-22-12-9-19(16-21(17)22)30-27(33)25-26(32)23(34-2)13-14-29-25/h7-16,32H,3-6H2,1-2H3,(H,30,33). The zero-order chi connectivity index (χ0) is 24.8. The van der Waals surface area contributed by atoms with E-state index >= 15 is 0 Å². The molecule has 180 valence electrons. The number of nitrogens with one attached hydrogen (secondary N) is 1. The summed E-state index contributed by atoms with van der Waals surface area (Å²) in [7, 11) is 1.40. The summed E-state index contributed by atoms with van der Waals surface area (Å²) in [5, 5.41) is 13.9. The summed E-state index contributed by atoms with van der Waals surface area (Å²) in [6.45, 7) is 2.14. The van der Waals surface area contributed by atoms with E-state index in [2.05, 4.69) is 22.2 Å². The lowest BCUT2D eigenvalue weighted by Crippen LogP contribution is -2.14. The molecule has 0 spiro atoms. The molecule has 35 heavy (non-hydrogen) atoms. The summed E-state index contributed by atoms with van der Waals surface area (Å²) in [5.74, 6) is -0.142. The van der Waals surface area contributed by atoms with Crippen molar-refractivity contribution >= 4 is 22.5 Å². The fraction of sp³-hybridized carbons (Fsp3) is 0.222. The van der Waals surface area contributed by atoms with Gasteiger partial charge in [0.05, 0.1) is 12.6 Å². The van der Waals surface area contributed by atoms with Crippen molar-refractivity contribution < 1.29 is 23.8 Å². The average molecular weight is 476 g/mol. The number of nitrogens with zero attached hydrogens (tertiary/aromatic N) is 2. The Morgan fingerprint density at radius 1 is 1.09 bits per heavy atom. The van der Waals surface area contributed by atoms with Gasteiger partial charge in [-0.1, -0.05) is 19.8 Å². The minimum Gasteiger partial charge on any atom is -0.503 e. The van der Waals surface area contributed by atoms with Crippen LogP contribution in [0.15, 0.2) is 60.8 Å². The summed E-state index contributed by atoms with van der Waals surface area (Å²) < 4.78 is 24.2. The van der Waals surface area contributed by atoms with Crippen molar-refractivity contribution in [1.29, 1.82) is 0 Å². The van der Waals surface area contributed by atoms with Gasteiger partial charge in [0.1, 0.15) is 11.6 Å². The first-order valence-electron chi connectivity index (χ1n) is 11.4. The molecule has 0 unspecified atom stereocenters. The van der Waals surface area contributed by atoms with E-state index in [4.69, 9.17) is 9.47 Å². The summed E-state index contributed by atoms with van der Waals surface area (Å²) in [6.07, 6.45) is 5.35. The Balaban J connectivity index is 1.65. The quantitative estimate of drug-likeness (QED) is 0.278. The van der Waals surface area contributed by atoms with Crippen molar-refractivity contribution in [1.82, 2.24) is 9.97 Å². The lowest BCUT2D eigenvalue weighted by Gasteiger charge is -2.13. The van der Waals surface area contributed by atoms with Crippen LogP contribution in [0.2, 0.25) is 0 Å². The molecule has 2 aromatic heterocycles. The number of hydrogen-bond donors (Lipinski definition) is 2. The van der Waals surface area contributed by atoms with Crippen LogP contribution in [-0.2, 0) is 6.42 Å². The molecule has 2 N–H and O–H groups in total. The smallest absolute Gasteiger partial charge is 0.278 e. The van der Waals surface area contributed by atoms with Crippen LogP contribution >= 0.6 is 0 Å². The molecule has 2 heterocycles. The molecule has 2 aromatic carbocycles. The van der Waals surface area contributed by atoms with E-state index in [0.717, 1.165) is 36.6 Å². The molecule has 0 aliphatic heterocycles. The molecular weight excluding hydrogens is 449 g/mol. The zero-order valence-electron chi connectivity index (χ0n) is 19.5. The summed E-state index contributed by atoms with van der Waals surface area (Å²) >= 11 is 0. The number of aromatic nitrogens is 2. The molecular formula is C27H26FN3O4. The van der Waals surface area contributed by atoms with Crippen LogP contribution in [0, 0.1) is 5.82 Å². The predicted octanol–water partition coefficient (Wildman–Crippen LogP) is 6.26. The van der Waals surface area contributed by atoms with Gasteiger partial charge in [-0.2, -0.15) is 0 Å². The second-order valence-corrected chi connectivity index (χ2v) is 8.03. The number of methoxy groups -OCH3 is 1. The average Bonchev–Trinajstić information content (AvgIpc) is 2.86. The number of aryl methyl sites for hydroxylation is 1. The van der Waals surface area contributed by atoms with Crippen LogP contribution in [0.25, 0.3) is 10.9 Å². The van der Waals surface area contributed by atoms with Gasteiger partial charge in [0.25, 0.3) is 5.91 Å². The number of anilines is 1. The normalized spacial score (nSPS) is 10.8. The number of rotatable bonds is 9. The molecule has 0 aliphatic rings. The second-order valence-electron chi connectivity index (χ2n) is 8.03. The number of hydrogen-bond acceptors (Lipinski definition) is 6. The number of carbonyl (C=O) groups excluding carboxylic acids is 1. The van der Waals surface area contributed by atoms with Crippen molar-refractivity contribution in [3.63, 3.8) is 0 Å². The number of benzene rings is 2. The molecule has 0 atom stereocenters. The van der Waals surface area contributed by atoms with E-state index in [1.807, 2.05) is 12.1 Å². The second kappa shape index (κ2) is 10.8. The molecule has 1 amide bonds. The number of amides is 1. The van der Waals surface area contributed by atoms with E-state index in [-0.39, 0.29) is 23.0 Å². The third-order valence-corrected chi connectivity index (χ3v) is 5.54. The topological polar surface area (TPSA) is 93.6 Å². The Hall–Kier alpha value is -4.20. The molecule has 4 aromatic rings. The molecule has 0 fully saturated rings. The van der Waals surface area contributed by atoms with Crippen LogP contribution in [-0.4, -0.2) is 28.1 Å². The highest BCUT2D eigenvalue weighted by atomic mass is 19.1. The number of unbranched alkanes of at least 4 members (excludes halogenated alkanes) is 2. The molecule has 7 nitrogen and oxygen atoms in total. The molecule has 0 saturated carbocycles. The van der Waals surface area contributed by atoms with Gasteiger partial charge in [0.15, 0.2) is 17.2 Å². The van der Waals surface area contributed by atoms with Gasteiger partial charge in [-0.15, -0.1) is 0 Å². The Bertz CT molecular complexity index is 1340. The maximum Gasteiger partial charge on any atom is 0.278 e. The van der Waals surface area contributed by atoms with Crippen LogP contribution in [0.1, 0.15) is 42.2 Å². The van der Waals surface area contributed by atoms with Crippen LogP contribution in [0.3, 0.4) is 0 Å². The highest BCUT2D eigenvalue weighted by Gasteiger charge is 2.17. The first-order chi connectivity index (χ1) is 17.0. The van der Waals surface area contributed by atoms with Gasteiger partial charge < -0.3 is 19.9 Å². The minimum absolute atomic E-state index is 0.131. The van der Waals surface area contributed by atoms with Gasteiger partial charge in [0.2, 0.25) is 5.88 Å². The van der Waals surface area contributed by atoms with E-state index < -0.39 is 5.91 Å². The van der Waals surface area contributed by atoms with Gasteiger partial charge in [-0.3, -0.25) is 4.79 Å². The van der Waals surface area contributed by atoms with E-state index in [1.165, 1.54) is 31.5 Å². The summed E-state index contributed by atoms with van der Waals surface area (Å²) in [6, 6.07) is 14.5. The molecule has 4 rings (SSSR count). The Morgan fingerprint density at radius 2 is 1.89 bits per heavy atom. The van der Waals surface area contributed by atoms with Crippen LogP contribution in [0.5, 0.6) is 23.1 Å². The van der Waals surface area contributed by atoms with Crippen molar-refractivity contribution in [3.05, 3.63) is 77.9 Å². The Kier molecular flexibility index (Phi) is 7.40. The SMILES string of the molecule is CCCCCc1cc(Oc2ccc(F)cc2)nc2ccc(NC(=O)c3nccc(OC)c3O)cc12. The first kappa shape index (κ1) is 23.9. The molecule has 0 aliphatic carbocycles. The molecule has 8 heteroatoms. The zero-order valence-corrected chi connectivity index (χ0v) is 19.5. The molecule has 0 bridgehead atoms. The number of halogens is 1. The summed E-state index contributed by atoms with van der Waals surface area (Å²) in [5.41, 5.74) is 2.14. The number of carbonyl (C=O) groups is 1. The number of fused-ring (bicyclic) bond motifs is 1. The van der Waals surface area contributed by atoms with E-state index in [1.54, 1.807) is 24.3 Å². The highest BCUT2D eigenvalue weighted by molar-refractivity contribution is 6.06. The number of ether oxygens (including phenoxy) is 2. The van der Waals surface area contributed by atoms with Crippen molar-refractivity contribution in [2.75, 3.05) is 12.4 Å². The van der Waals surface area contributed by atoms with E-state index in [9.17, 15) is 14.3 Å². The summed E-state index contributed by atoms with van der Waals surface area (Å²) in [4.78, 5) is 21.3. The molecule has 0 saturated heterocycles. The lowest BCUT2D eigenvalue weighted by molar-refractivity contribution is 0.101. The van der Waals surface area contributed by atoms with Gasteiger partial charge in [-0.25, -0.2) is 14.4 Å². The Labute approximate surface area is 202 Å². The predicted molar refractivity (Wildman–Crippen MR) is 132 cm³/mol. The monoisotopic (exact) mass is 475 g/mol. The van der Waals surface area contributed by atoms with Crippen molar-refractivity contribution in [2.24, 2.45) is 0 Å². The first-order valence-corrected chi connectivity index (χ1v) is 11.4. The third kappa shape index (κ3) is 5.66. The van der Waals surface area contributed by atoms with Gasteiger partial charge in [0, 0.05) is 29.4 Å².